The van der Waals surface area contributed by atoms with Gasteiger partial charge in [-0.05, 0) is 29.2 Å². The molecule has 1 heterocycles. The number of carboxylic acid groups (broad SMARTS) is 1. The fourth-order valence-electron chi connectivity index (χ4n) is 4.07. The zero-order valence-corrected chi connectivity index (χ0v) is 19.8. The molecule has 0 saturated heterocycles. The van der Waals surface area contributed by atoms with Crippen LogP contribution in [-0.2, 0) is 22.3 Å². The average Bonchev–Trinajstić information content (AvgIpc) is 3.25. The molecule has 3 aromatic rings. The molecule has 9 heteroatoms. The summed E-state index contributed by atoms with van der Waals surface area (Å²) in [5.41, 5.74) is 5.99. The molecule has 172 valence electrons. The lowest BCUT2D eigenvalue weighted by molar-refractivity contribution is -0.138. The zero-order valence-electron chi connectivity index (χ0n) is 18.2. The number of hydrogen-bond donors (Lipinski definition) is 2. The Morgan fingerprint density at radius 3 is 2.33 bits per heavy atom. The molecule has 4 rings (SSSR count). The van der Waals surface area contributed by atoms with Crippen LogP contribution in [0.25, 0.3) is 11.1 Å². The Kier molecular flexibility index (Phi) is 6.95. The number of carbonyl (C=O) groups excluding carboxylic acids is 1. The van der Waals surface area contributed by atoms with Gasteiger partial charge in [0.05, 0.1) is 16.4 Å². The van der Waals surface area contributed by atoms with E-state index in [9.17, 15) is 14.7 Å². The quantitative estimate of drug-likeness (QED) is 0.484. The second kappa shape index (κ2) is 9.89. The molecule has 7 nitrogen and oxygen atoms in total. The molecule has 1 unspecified atom stereocenters. The number of benzene rings is 2. The van der Waals surface area contributed by atoms with Crippen molar-refractivity contribution < 1.29 is 19.4 Å². The number of nitrogens with zero attached hydrogens (tertiary/aromatic N) is 2. The summed E-state index contributed by atoms with van der Waals surface area (Å²) < 4.78 is 7.15. The number of fused-ring (bicyclic) bond motifs is 3. The molecule has 0 spiro atoms. The van der Waals surface area contributed by atoms with E-state index < -0.39 is 18.1 Å². The van der Waals surface area contributed by atoms with Crippen molar-refractivity contribution in [1.29, 1.82) is 0 Å². The first-order valence-electron chi connectivity index (χ1n) is 10.5. The van der Waals surface area contributed by atoms with Gasteiger partial charge in [0.1, 0.15) is 12.6 Å². The van der Waals surface area contributed by atoms with Crippen LogP contribution in [0, 0.1) is 6.92 Å². The molecule has 2 aromatic carbocycles. The zero-order chi connectivity index (χ0) is 23.5. The molecule has 1 amide bonds. The number of thioether (sulfide) groups is 1. The Bertz CT molecular complexity index is 1150. The molecule has 0 fully saturated rings. The van der Waals surface area contributed by atoms with E-state index in [0.717, 1.165) is 33.6 Å². The van der Waals surface area contributed by atoms with Crippen molar-refractivity contribution in [3.05, 3.63) is 76.1 Å². The summed E-state index contributed by atoms with van der Waals surface area (Å²) >= 11 is 7.60. The summed E-state index contributed by atoms with van der Waals surface area (Å²) in [6, 6.07) is 15.0. The number of rotatable bonds is 8. The van der Waals surface area contributed by atoms with Gasteiger partial charge in [-0.3, -0.25) is 4.68 Å². The number of aryl methyl sites for hydroxylation is 2. The molecule has 1 aliphatic rings. The van der Waals surface area contributed by atoms with Gasteiger partial charge < -0.3 is 15.2 Å². The fraction of sp³-hybridized carbons (Fsp3) is 0.292. The van der Waals surface area contributed by atoms with Crippen LogP contribution in [0.5, 0.6) is 0 Å². The lowest BCUT2D eigenvalue weighted by atomic mass is 9.98. The number of aromatic nitrogens is 2. The van der Waals surface area contributed by atoms with Gasteiger partial charge in [-0.1, -0.05) is 60.1 Å². The van der Waals surface area contributed by atoms with Gasteiger partial charge in [0, 0.05) is 24.5 Å². The van der Waals surface area contributed by atoms with Gasteiger partial charge in [-0.25, -0.2) is 9.59 Å². The second-order valence-corrected chi connectivity index (χ2v) is 9.25. The van der Waals surface area contributed by atoms with Crippen LogP contribution in [0.4, 0.5) is 4.79 Å². The summed E-state index contributed by atoms with van der Waals surface area (Å²) in [4.78, 5) is 24.1. The molecule has 0 aliphatic heterocycles. The first kappa shape index (κ1) is 23.2. The summed E-state index contributed by atoms with van der Waals surface area (Å²) in [7, 11) is 1.79. The third-order valence-corrected chi connectivity index (χ3v) is 7.26. The van der Waals surface area contributed by atoms with Crippen molar-refractivity contribution in [3.63, 3.8) is 0 Å². The predicted octanol–water partition coefficient (Wildman–Crippen LogP) is 4.61. The molecule has 0 saturated carbocycles. The highest BCUT2D eigenvalue weighted by Crippen LogP contribution is 2.44. The van der Waals surface area contributed by atoms with Gasteiger partial charge in [0.15, 0.2) is 0 Å². The van der Waals surface area contributed by atoms with E-state index in [2.05, 4.69) is 22.5 Å². The Hall–Kier alpha value is -2.97. The Balaban J connectivity index is 1.35. The largest absolute Gasteiger partial charge is 0.480 e. The third kappa shape index (κ3) is 4.86. The summed E-state index contributed by atoms with van der Waals surface area (Å²) in [5, 5.41) is 16.8. The van der Waals surface area contributed by atoms with Gasteiger partial charge in [0.2, 0.25) is 0 Å². The maximum atomic E-state index is 12.4. The number of hydrogen-bond acceptors (Lipinski definition) is 5. The van der Waals surface area contributed by atoms with Crippen molar-refractivity contribution in [1.82, 2.24) is 15.1 Å². The highest BCUT2D eigenvalue weighted by atomic mass is 35.5. The van der Waals surface area contributed by atoms with Crippen LogP contribution in [-0.4, -0.2) is 45.4 Å². The molecule has 2 N–H and O–H groups in total. The normalized spacial score (nSPS) is 13.3. The van der Waals surface area contributed by atoms with E-state index in [-0.39, 0.29) is 18.3 Å². The highest BCUT2D eigenvalue weighted by molar-refractivity contribution is 7.98. The van der Waals surface area contributed by atoms with Crippen LogP contribution in [0.3, 0.4) is 0 Å². The van der Waals surface area contributed by atoms with E-state index in [0.29, 0.717) is 10.8 Å². The van der Waals surface area contributed by atoms with Crippen LogP contribution in [0.1, 0.15) is 28.4 Å². The Morgan fingerprint density at radius 1 is 1.18 bits per heavy atom. The van der Waals surface area contributed by atoms with Crippen molar-refractivity contribution in [2.45, 2.75) is 24.6 Å². The number of amides is 1. The lowest BCUT2D eigenvalue weighted by Gasteiger charge is -2.17. The van der Waals surface area contributed by atoms with Crippen LogP contribution in [0.15, 0.2) is 48.5 Å². The monoisotopic (exact) mass is 485 g/mol. The smallest absolute Gasteiger partial charge is 0.407 e. The van der Waals surface area contributed by atoms with Crippen molar-refractivity contribution >= 4 is 35.4 Å². The highest BCUT2D eigenvalue weighted by Gasteiger charge is 2.29. The van der Waals surface area contributed by atoms with E-state index in [1.807, 2.05) is 43.3 Å². The minimum Gasteiger partial charge on any atom is -0.480 e. The Labute approximate surface area is 201 Å². The summed E-state index contributed by atoms with van der Waals surface area (Å²) in [6.07, 6.45) is -0.751. The predicted molar refractivity (Wildman–Crippen MR) is 129 cm³/mol. The lowest BCUT2D eigenvalue weighted by Crippen LogP contribution is -2.43. The van der Waals surface area contributed by atoms with Gasteiger partial charge in [-0.2, -0.15) is 16.9 Å². The number of nitrogens with one attached hydrogen (secondary N) is 1. The summed E-state index contributed by atoms with van der Waals surface area (Å²) in [6.45, 7) is 1.94. The standard InChI is InChI=1S/C24H24ClN3O4S/c1-14-22(25)21(28(2)27-14)13-33-12-20(23(29)30)26-24(31)32-11-19-17-9-5-3-7-15(17)16-8-4-6-10-18(16)19/h3-10,19-20H,11-13H2,1-2H3,(H,26,31)(H,29,30). The maximum absolute atomic E-state index is 12.4. The Morgan fingerprint density at radius 2 is 1.79 bits per heavy atom. The molecule has 0 radical (unpaired) electrons. The van der Waals surface area contributed by atoms with Crippen LogP contribution < -0.4 is 5.32 Å². The second-order valence-electron chi connectivity index (χ2n) is 7.85. The van der Waals surface area contributed by atoms with Gasteiger partial charge in [0.25, 0.3) is 0 Å². The molecule has 1 atom stereocenters. The number of ether oxygens (including phenoxy) is 1. The number of carboxylic acids is 1. The van der Waals surface area contributed by atoms with Crippen molar-refractivity contribution in [2.75, 3.05) is 12.4 Å². The van der Waals surface area contributed by atoms with Gasteiger partial charge >= 0.3 is 12.1 Å². The molecular weight excluding hydrogens is 462 g/mol. The minimum absolute atomic E-state index is 0.0870. The van der Waals surface area contributed by atoms with Crippen LogP contribution >= 0.6 is 23.4 Å². The molecule has 1 aliphatic carbocycles. The average molecular weight is 486 g/mol. The number of halogens is 1. The topological polar surface area (TPSA) is 93.5 Å². The number of carbonyl (C=O) groups is 2. The first-order valence-corrected chi connectivity index (χ1v) is 12.0. The first-order chi connectivity index (χ1) is 15.9. The van der Waals surface area contributed by atoms with Crippen molar-refractivity contribution in [2.24, 2.45) is 7.05 Å². The van der Waals surface area contributed by atoms with E-state index in [4.69, 9.17) is 16.3 Å². The fourth-order valence-corrected chi connectivity index (χ4v) is 5.48. The van der Waals surface area contributed by atoms with Crippen LogP contribution in [0.2, 0.25) is 5.02 Å². The minimum atomic E-state index is -1.12. The number of aliphatic carboxylic acids is 1. The maximum Gasteiger partial charge on any atom is 0.407 e. The van der Waals surface area contributed by atoms with E-state index in [1.54, 1.807) is 11.7 Å². The molecule has 33 heavy (non-hydrogen) atoms. The van der Waals surface area contributed by atoms with E-state index >= 15 is 0 Å². The third-order valence-electron chi connectivity index (χ3n) is 5.72. The van der Waals surface area contributed by atoms with Gasteiger partial charge in [-0.15, -0.1) is 0 Å². The number of alkyl carbamates (subject to hydrolysis) is 1. The molecular formula is C24H24ClN3O4S. The molecule has 0 bridgehead atoms. The van der Waals surface area contributed by atoms with Crippen molar-refractivity contribution in [3.8, 4) is 11.1 Å². The molecule has 1 aromatic heterocycles. The SMILES string of the molecule is Cc1nn(C)c(CSCC(NC(=O)OCC2c3ccccc3-c3ccccc32)C(=O)O)c1Cl. The van der Waals surface area contributed by atoms with E-state index in [1.165, 1.54) is 11.8 Å². The summed E-state index contributed by atoms with van der Waals surface area (Å²) in [5.74, 6) is -0.564.